The largest absolute Gasteiger partial charge is 0.507 e. The number of benzene rings is 1. The van der Waals surface area contributed by atoms with Crippen LogP contribution in [0.4, 0.5) is 0 Å². The number of Topliss-reactive ketones (excluding diaryl/α,β-unsaturated/α-hetero) is 1. The summed E-state index contributed by atoms with van der Waals surface area (Å²) in [5, 5.41) is 11.1. The molecule has 4 rings (SSSR count). The van der Waals surface area contributed by atoms with Crippen molar-refractivity contribution in [1.29, 1.82) is 0 Å². The molecule has 1 aliphatic rings. The SMILES string of the molecule is COc1cccc(C(O)=C2C(=O)C(=O)N(Cc3ccc[nH+]c3)C2c2cc[nH+]cc2)c1. The van der Waals surface area contributed by atoms with Crippen LogP contribution in [0.2, 0.25) is 0 Å². The zero-order valence-corrected chi connectivity index (χ0v) is 16.3. The molecule has 3 aromatic rings. The van der Waals surface area contributed by atoms with E-state index in [9.17, 15) is 14.7 Å². The Balaban J connectivity index is 1.85. The van der Waals surface area contributed by atoms with Gasteiger partial charge in [-0.2, -0.15) is 0 Å². The van der Waals surface area contributed by atoms with Gasteiger partial charge in [-0.25, -0.2) is 9.97 Å². The smallest absolute Gasteiger partial charge is 0.295 e. The number of nitrogens with one attached hydrogen (secondary N) is 2. The van der Waals surface area contributed by atoms with Crippen molar-refractivity contribution in [3.05, 3.63) is 95.6 Å². The molecule has 0 bridgehead atoms. The Hall–Kier alpha value is -4.00. The standard InChI is InChI=1S/C23H19N3O4/c1-30-18-6-2-5-17(12-18)21(27)19-20(16-7-10-24-11-8-16)26(23(29)22(19)28)14-15-4-3-9-25-13-15/h2-13,20,27H,14H2,1H3/p+2. The number of likely N-dealkylation sites (tertiary alicyclic amines) is 1. The highest BCUT2D eigenvalue weighted by Crippen LogP contribution is 2.40. The van der Waals surface area contributed by atoms with E-state index in [2.05, 4.69) is 9.97 Å². The van der Waals surface area contributed by atoms with Gasteiger partial charge >= 0.3 is 0 Å². The molecule has 0 radical (unpaired) electrons. The molecule has 1 aromatic carbocycles. The first-order chi connectivity index (χ1) is 14.6. The van der Waals surface area contributed by atoms with Crippen molar-refractivity contribution in [2.45, 2.75) is 12.6 Å². The Bertz CT molecular complexity index is 1110. The van der Waals surface area contributed by atoms with E-state index >= 15 is 0 Å². The number of amides is 1. The molecule has 30 heavy (non-hydrogen) atoms. The summed E-state index contributed by atoms with van der Waals surface area (Å²) in [6, 6.07) is 13.3. The summed E-state index contributed by atoms with van der Waals surface area (Å²) in [4.78, 5) is 33.4. The third kappa shape index (κ3) is 3.53. The van der Waals surface area contributed by atoms with Gasteiger partial charge < -0.3 is 14.7 Å². The lowest BCUT2D eigenvalue weighted by Gasteiger charge is -2.24. The Morgan fingerprint density at radius 1 is 1.07 bits per heavy atom. The van der Waals surface area contributed by atoms with Gasteiger partial charge in [0.2, 0.25) is 0 Å². The number of pyridine rings is 2. The van der Waals surface area contributed by atoms with Gasteiger partial charge in [0.05, 0.1) is 25.3 Å². The van der Waals surface area contributed by atoms with Crippen LogP contribution in [0.3, 0.4) is 0 Å². The number of ether oxygens (including phenoxy) is 1. The van der Waals surface area contributed by atoms with Crippen LogP contribution in [0.1, 0.15) is 22.7 Å². The highest BCUT2D eigenvalue weighted by Gasteiger charge is 2.46. The molecule has 3 N–H and O–H groups in total. The number of methoxy groups -OCH3 is 1. The molecule has 150 valence electrons. The predicted molar refractivity (Wildman–Crippen MR) is 107 cm³/mol. The number of H-pyrrole nitrogens is 2. The van der Waals surface area contributed by atoms with Gasteiger partial charge in [0.25, 0.3) is 11.7 Å². The van der Waals surface area contributed by atoms with Crippen LogP contribution in [-0.2, 0) is 16.1 Å². The number of carbonyl (C=O) groups excluding carboxylic acids is 2. The second kappa shape index (κ2) is 8.16. The molecule has 2 aromatic heterocycles. The molecular formula is C23H21N3O4+2. The van der Waals surface area contributed by atoms with Crippen LogP contribution in [0.5, 0.6) is 5.75 Å². The molecule has 1 fully saturated rings. The average molecular weight is 403 g/mol. The lowest BCUT2D eigenvalue weighted by molar-refractivity contribution is -0.379. The summed E-state index contributed by atoms with van der Waals surface area (Å²) in [7, 11) is 1.52. The zero-order chi connectivity index (χ0) is 21.1. The van der Waals surface area contributed by atoms with E-state index in [0.717, 1.165) is 11.1 Å². The second-order valence-electron chi connectivity index (χ2n) is 6.90. The van der Waals surface area contributed by atoms with Crippen molar-refractivity contribution in [3.63, 3.8) is 0 Å². The van der Waals surface area contributed by atoms with Crippen molar-refractivity contribution in [2.24, 2.45) is 0 Å². The number of aromatic nitrogens is 2. The number of aromatic amines is 2. The third-order valence-corrected chi connectivity index (χ3v) is 5.07. The van der Waals surface area contributed by atoms with Crippen LogP contribution in [0.15, 0.2) is 78.9 Å². The quantitative estimate of drug-likeness (QED) is 0.400. The number of carbonyl (C=O) groups is 2. The van der Waals surface area contributed by atoms with Crippen molar-refractivity contribution in [1.82, 2.24) is 4.90 Å². The fourth-order valence-electron chi connectivity index (χ4n) is 3.62. The molecule has 1 unspecified atom stereocenters. The maximum atomic E-state index is 13.0. The highest BCUT2D eigenvalue weighted by molar-refractivity contribution is 6.46. The van der Waals surface area contributed by atoms with Crippen molar-refractivity contribution in [2.75, 3.05) is 7.11 Å². The molecule has 3 heterocycles. The van der Waals surface area contributed by atoms with Crippen LogP contribution in [0.25, 0.3) is 5.76 Å². The van der Waals surface area contributed by atoms with Gasteiger partial charge in [-0.15, -0.1) is 0 Å². The van der Waals surface area contributed by atoms with E-state index < -0.39 is 17.7 Å². The summed E-state index contributed by atoms with van der Waals surface area (Å²) < 4.78 is 5.22. The maximum absolute atomic E-state index is 13.0. The molecule has 1 aliphatic heterocycles. The lowest BCUT2D eigenvalue weighted by Crippen LogP contribution is -2.29. The summed E-state index contributed by atoms with van der Waals surface area (Å²) in [6.07, 6.45) is 6.98. The number of ketones is 1. The first kappa shape index (κ1) is 19.3. The second-order valence-corrected chi connectivity index (χ2v) is 6.90. The zero-order valence-electron chi connectivity index (χ0n) is 16.3. The fourth-order valence-corrected chi connectivity index (χ4v) is 3.62. The van der Waals surface area contributed by atoms with Crippen LogP contribution < -0.4 is 14.7 Å². The Morgan fingerprint density at radius 2 is 1.87 bits per heavy atom. The van der Waals surface area contributed by atoms with Gasteiger partial charge in [-0.1, -0.05) is 12.1 Å². The van der Waals surface area contributed by atoms with Crippen LogP contribution in [-0.4, -0.2) is 28.8 Å². The topological polar surface area (TPSA) is 95.1 Å². The summed E-state index contributed by atoms with van der Waals surface area (Å²) in [5.41, 5.74) is 2.03. The molecular weight excluding hydrogens is 382 g/mol. The molecule has 1 saturated heterocycles. The van der Waals surface area contributed by atoms with Gasteiger partial charge in [-0.05, 0) is 23.8 Å². The van der Waals surface area contributed by atoms with Gasteiger partial charge in [0.15, 0.2) is 24.8 Å². The number of aliphatic hydroxyl groups excluding tert-OH is 1. The molecule has 0 aliphatic carbocycles. The van der Waals surface area contributed by atoms with E-state index in [1.165, 1.54) is 12.0 Å². The van der Waals surface area contributed by atoms with E-state index in [4.69, 9.17) is 4.74 Å². The number of aliphatic hydroxyl groups is 1. The van der Waals surface area contributed by atoms with Crippen molar-refractivity contribution >= 4 is 17.4 Å². The summed E-state index contributed by atoms with van der Waals surface area (Å²) >= 11 is 0. The van der Waals surface area contributed by atoms with Gasteiger partial charge in [0.1, 0.15) is 11.5 Å². The maximum Gasteiger partial charge on any atom is 0.295 e. The Morgan fingerprint density at radius 3 is 2.57 bits per heavy atom. The lowest BCUT2D eigenvalue weighted by atomic mass is 9.96. The fraction of sp³-hybridized carbons (Fsp3) is 0.130. The third-order valence-electron chi connectivity index (χ3n) is 5.07. The molecule has 1 atom stereocenters. The van der Waals surface area contributed by atoms with Crippen LogP contribution >= 0.6 is 0 Å². The van der Waals surface area contributed by atoms with E-state index in [-0.39, 0.29) is 17.9 Å². The first-order valence-corrected chi connectivity index (χ1v) is 9.44. The number of nitrogens with zero attached hydrogens (tertiary/aromatic N) is 1. The molecule has 7 heteroatoms. The minimum Gasteiger partial charge on any atom is -0.507 e. The molecule has 0 spiro atoms. The molecule has 1 amide bonds. The predicted octanol–water partition coefficient (Wildman–Crippen LogP) is 1.95. The van der Waals surface area contributed by atoms with Crippen molar-refractivity contribution < 1.29 is 29.4 Å². The monoisotopic (exact) mass is 403 g/mol. The average Bonchev–Trinajstić information content (AvgIpc) is 3.05. The first-order valence-electron chi connectivity index (χ1n) is 9.44. The van der Waals surface area contributed by atoms with Crippen LogP contribution in [0, 0.1) is 0 Å². The van der Waals surface area contributed by atoms with Gasteiger partial charge in [-0.3, -0.25) is 9.59 Å². The van der Waals surface area contributed by atoms with E-state index in [1.54, 1.807) is 61.2 Å². The minimum absolute atomic E-state index is 0.0550. The van der Waals surface area contributed by atoms with E-state index in [0.29, 0.717) is 11.3 Å². The Kier molecular flexibility index (Phi) is 5.26. The number of hydrogen-bond acceptors (Lipinski definition) is 4. The normalized spacial score (nSPS) is 17.9. The summed E-state index contributed by atoms with van der Waals surface area (Å²) in [5.74, 6) is -1.06. The highest BCUT2D eigenvalue weighted by atomic mass is 16.5. The summed E-state index contributed by atoms with van der Waals surface area (Å²) in [6.45, 7) is 0.222. The minimum atomic E-state index is -0.717. The molecule has 7 nitrogen and oxygen atoms in total. The van der Waals surface area contributed by atoms with Crippen molar-refractivity contribution in [3.8, 4) is 5.75 Å². The van der Waals surface area contributed by atoms with E-state index in [1.807, 2.05) is 12.1 Å². The molecule has 0 saturated carbocycles. The number of rotatable bonds is 5. The van der Waals surface area contributed by atoms with Gasteiger partial charge in [0, 0.05) is 29.3 Å². The Labute approximate surface area is 173 Å². The number of hydrogen-bond donors (Lipinski definition) is 1.